The summed E-state index contributed by atoms with van der Waals surface area (Å²) in [4.78, 5) is 25.0. The summed E-state index contributed by atoms with van der Waals surface area (Å²) < 4.78 is 39.8. The summed E-state index contributed by atoms with van der Waals surface area (Å²) in [6, 6.07) is 7.69. The lowest BCUT2D eigenvalue weighted by molar-refractivity contribution is -0.142. The van der Waals surface area contributed by atoms with Crippen LogP contribution in [0.15, 0.2) is 36.7 Å². The third-order valence-electron chi connectivity index (χ3n) is 6.09. The predicted molar refractivity (Wildman–Crippen MR) is 146 cm³/mol. The molecule has 1 aliphatic rings. The number of aliphatic hydroxyl groups excluding tert-OH is 1. The Morgan fingerprint density at radius 1 is 1.38 bits per heavy atom. The number of esters is 1. The highest BCUT2D eigenvalue weighted by atomic mass is 35.5. The van der Waals surface area contributed by atoms with Crippen LogP contribution >= 0.6 is 18.2 Å². The number of anilines is 1. The Balaban J connectivity index is 1.62. The zero-order chi connectivity index (χ0) is 28.4. The second-order valence-electron chi connectivity index (χ2n) is 8.84. The van der Waals surface area contributed by atoms with Crippen LogP contribution in [-0.2, 0) is 30.6 Å². The predicted octanol–water partition coefficient (Wildman–Crippen LogP) is 2.85. The van der Waals surface area contributed by atoms with Gasteiger partial charge in [0.15, 0.2) is 29.4 Å². The highest BCUT2D eigenvalue weighted by Gasteiger charge is 2.57. The van der Waals surface area contributed by atoms with Gasteiger partial charge in [-0.15, -0.1) is 11.6 Å². The summed E-state index contributed by atoms with van der Waals surface area (Å²) in [5.41, 5.74) is -1.01. The molecular formula is C23H29ClFN6O6PS. The molecule has 2 aromatic heterocycles. The average Bonchev–Trinajstić information content (AvgIpc) is 3.45. The monoisotopic (exact) mass is 602 g/mol. The lowest BCUT2D eigenvalue weighted by atomic mass is 9.99. The fourth-order valence-electron chi connectivity index (χ4n) is 4.06. The highest BCUT2D eigenvalue weighted by molar-refractivity contribution is 8.09. The van der Waals surface area contributed by atoms with Gasteiger partial charge in [-0.1, -0.05) is 18.2 Å². The van der Waals surface area contributed by atoms with Gasteiger partial charge in [0.2, 0.25) is 0 Å². The molecule has 4 rings (SSSR count). The number of carbonyl (C=O) groups is 1. The van der Waals surface area contributed by atoms with Crippen LogP contribution in [-0.4, -0.2) is 81.2 Å². The van der Waals surface area contributed by atoms with E-state index in [1.165, 1.54) is 24.9 Å². The fourth-order valence-corrected chi connectivity index (χ4v) is 6.79. The Morgan fingerprint density at radius 3 is 2.74 bits per heavy atom. The van der Waals surface area contributed by atoms with Crippen molar-refractivity contribution >= 4 is 53.0 Å². The van der Waals surface area contributed by atoms with E-state index >= 15 is 4.39 Å². The van der Waals surface area contributed by atoms with Gasteiger partial charge in [0.05, 0.1) is 25.9 Å². The number of imidazole rings is 1. The number of benzene rings is 1. The van der Waals surface area contributed by atoms with E-state index in [9.17, 15) is 9.90 Å². The van der Waals surface area contributed by atoms with Crippen LogP contribution in [0.2, 0.25) is 0 Å². The zero-order valence-corrected chi connectivity index (χ0v) is 24.0. The average molecular weight is 603 g/mol. The van der Waals surface area contributed by atoms with Gasteiger partial charge in [0, 0.05) is 7.05 Å². The molecule has 0 spiro atoms. The molecule has 1 aliphatic heterocycles. The van der Waals surface area contributed by atoms with E-state index in [0.29, 0.717) is 28.6 Å². The van der Waals surface area contributed by atoms with Gasteiger partial charge in [-0.2, -0.15) is 0 Å². The Morgan fingerprint density at radius 2 is 2.10 bits per heavy atom. The Labute approximate surface area is 234 Å². The minimum Gasteiger partial charge on any atom is -0.468 e. The first-order valence-electron chi connectivity index (χ1n) is 11.9. The number of carbonyl (C=O) groups excluding carboxylic acids is 1. The zero-order valence-electron chi connectivity index (χ0n) is 21.6. The number of nitrogens with zero attached hydrogens (tertiary/aromatic N) is 4. The van der Waals surface area contributed by atoms with Crippen molar-refractivity contribution < 1.29 is 32.8 Å². The minimum absolute atomic E-state index is 0.309. The number of alkyl halides is 2. The third-order valence-corrected chi connectivity index (χ3v) is 9.03. The summed E-state index contributed by atoms with van der Waals surface area (Å²) in [6.45, 7) is -0.729. The summed E-state index contributed by atoms with van der Waals surface area (Å²) in [6.07, 6.45) is -3.60. The van der Waals surface area contributed by atoms with E-state index in [4.69, 9.17) is 41.9 Å². The summed E-state index contributed by atoms with van der Waals surface area (Å²) in [5.74, 6) is 0.323. The number of hydrogen-bond acceptors (Lipinski definition) is 11. The first-order chi connectivity index (χ1) is 18.6. The number of methoxy groups -OCH3 is 1. The van der Waals surface area contributed by atoms with Crippen LogP contribution in [0.4, 0.5) is 10.2 Å². The number of rotatable bonds is 11. The van der Waals surface area contributed by atoms with Crippen LogP contribution in [0, 0.1) is 6.92 Å². The van der Waals surface area contributed by atoms with E-state index < -0.39 is 49.4 Å². The van der Waals surface area contributed by atoms with Crippen LogP contribution in [0.25, 0.3) is 11.2 Å². The maximum atomic E-state index is 15.6. The molecule has 1 saturated heterocycles. The van der Waals surface area contributed by atoms with Gasteiger partial charge >= 0.3 is 12.6 Å². The summed E-state index contributed by atoms with van der Waals surface area (Å²) in [7, 11) is 2.92. The molecule has 0 bridgehead atoms. The highest BCUT2D eigenvalue weighted by Crippen LogP contribution is 2.49. The molecular weight excluding hydrogens is 574 g/mol. The Kier molecular flexibility index (Phi) is 9.06. The van der Waals surface area contributed by atoms with Gasteiger partial charge in [-0.3, -0.25) is 9.36 Å². The maximum absolute atomic E-state index is 15.6. The number of halogens is 2. The minimum atomic E-state index is -3.49. The molecule has 6 atom stereocenters. The van der Waals surface area contributed by atoms with Crippen LogP contribution in [0.1, 0.15) is 19.0 Å². The standard InChI is InChI=1S/C23H29ClFN6O6PS/c1-13(22(33)34-4)30-38(39,37-15-8-6-5-7-9-15)35-11-23(10-24)18(32)16(25)21(36-23)31-12-27-17-19(26-3)28-14(2)29-20(17)31/h5-9,12-13,16,18,21,32H,10-11H2,1-4H3,(H,30,39)(H,26,28,29)/t13-,16+,18-,21+,23+,38+/m0/s1. The number of hydrogen-bond donors (Lipinski definition) is 3. The summed E-state index contributed by atoms with van der Waals surface area (Å²) in [5, 5.41) is 16.8. The molecule has 3 aromatic rings. The van der Waals surface area contributed by atoms with E-state index in [1.807, 2.05) is 0 Å². The van der Waals surface area contributed by atoms with Crippen molar-refractivity contribution in [2.75, 3.05) is 32.0 Å². The molecule has 0 unspecified atom stereocenters. The largest absolute Gasteiger partial charge is 0.468 e. The van der Waals surface area contributed by atoms with E-state index in [1.54, 1.807) is 44.3 Å². The molecule has 0 radical (unpaired) electrons. The number of ether oxygens (including phenoxy) is 2. The molecule has 0 saturated carbocycles. The molecule has 39 heavy (non-hydrogen) atoms. The van der Waals surface area contributed by atoms with E-state index in [0.717, 1.165) is 0 Å². The van der Waals surface area contributed by atoms with E-state index in [-0.39, 0.29) is 5.88 Å². The molecule has 1 aromatic carbocycles. The van der Waals surface area contributed by atoms with Crippen LogP contribution in [0.3, 0.4) is 0 Å². The number of para-hydroxylation sites is 1. The van der Waals surface area contributed by atoms with Crippen molar-refractivity contribution in [2.45, 2.75) is 44.0 Å². The molecule has 3 heterocycles. The molecule has 0 aliphatic carbocycles. The normalized spacial score (nSPS) is 25.3. The van der Waals surface area contributed by atoms with Crippen molar-refractivity contribution in [3.05, 3.63) is 42.5 Å². The van der Waals surface area contributed by atoms with Crippen LogP contribution in [0.5, 0.6) is 5.75 Å². The molecule has 0 amide bonds. The van der Waals surface area contributed by atoms with Crippen molar-refractivity contribution in [3.8, 4) is 5.75 Å². The molecule has 16 heteroatoms. The lowest BCUT2D eigenvalue weighted by Gasteiger charge is -2.33. The van der Waals surface area contributed by atoms with Crippen molar-refractivity contribution in [2.24, 2.45) is 0 Å². The Bertz CT molecular complexity index is 1370. The number of aliphatic hydroxyl groups is 1. The third kappa shape index (κ3) is 6.02. The lowest BCUT2D eigenvalue weighted by Crippen LogP contribution is -2.48. The van der Waals surface area contributed by atoms with Crippen LogP contribution < -0.4 is 14.9 Å². The molecule has 212 valence electrons. The first kappa shape index (κ1) is 29.5. The Hall–Kier alpha value is -2.45. The van der Waals surface area contributed by atoms with Crippen molar-refractivity contribution in [1.82, 2.24) is 24.6 Å². The maximum Gasteiger partial charge on any atom is 0.323 e. The quantitative estimate of drug-likeness (QED) is 0.169. The van der Waals surface area contributed by atoms with Crippen molar-refractivity contribution in [1.29, 1.82) is 0 Å². The van der Waals surface area contributed by atoms with Gasteiger partial charge in [-0.25, -0.2) is 24.4 Å². The number of aromatic nitrogens is 4. The number of aryl methyl sites for hydroxylation is 1. The fraction of sp³-hybridized carbons (Fsp3) is 0.478. The number of fused-ring (bicyclic) bond motifs is 1. The molecule has 1 fully saturated rings. The van der Waals surface area contributed by atoms with Gasteiger partial charge in [0.1, 0.15) is 29.3 Å². The van der Waals surface area contributed by atoms with Crippen molar-refractivity contribution in [3.63, 3.8) is 0 Å². The summed E-state index contributed by atoms with van der Waals surface area (Å²) >= 11 is 11.9. The number of nitrogens with one attached hydrogen (secondary N) is 2. The van der Waals surface area contributed by atoms with Gasteiger partial charge in [-0.05, 0) is 37.8 Å². The van der Waals surface area contributed by atoms with E-state index in [2.05, 4.69) is 25.4 Å². The first-order valence-corrected chi connectivity index (χ1v) is 15.0. The topological polar surface area (TPSA) is 142 Å². The molecule has 3 N–H and O–H groups in total. The second kappa shape index (κ2) is 12.0. The smallest absolute Gasteiger partial charge is 0.323 e. The SMILES string of the molecule is CNc1nc(C)nc2c1ncn2[C@@H]1O[C@](CCl)(CO[P@](=S)(N[C@@H](C)C(=O)OC)Oc2ccccc2)[C@@H](O)[C@H]1F. The van der Waals surface area contributed by atoms with Gasteiger partial charge in [0.25, 0.3) is 0 Å². The molecule has 12 nitrogen and oxygen atoms in total. The second-order valence-corrected chi connectivity index (χ2v) is 12.2. The van der Waals surface area contributed by atoms with Gasteiger partial charge < -0.3 is 28.9 Å².